The van der Waals surface area contributed by atoms with Crippen LogP contribution in [0.15, 0.2) is 24.3 Å². The average Bonchev–Trinajstić information content (AvgIpc) is 2.26. The summed E-state index contributed by atoms with van der Waals surface area (Å²) in [6.45, 7) is 3.43. The SMILES string of the molecule is Cc1cccc(CN(C)CC(=O)NCCO)c1. The average molecular weight is 236 g/mol. The number of carbonyl (C=O) groups excluding carboxylic acids is 1. The fourth-order valence-corrected chi connectivity index (χ4v) is 1.67. The highest BCUT2D eigenvalue weighted by molar-refractivity contribution is 5.77. The number of hydrogen-bond donors (Lipinski definition) is 2. The minimum absolute atomic E-state index is 0.0205. The minimum Gasteiger partial charge on any atom is -0.395 e. The number of aryl methyl sites for hydroxylation is 1. The van der Waals surface area contributed by atoms with Crippen LogP contribution in [-0.4, -0.2) is 42.7 Å². The lowest BCUT2D eigenvalue weighted by molar-refractivity contribution is -0.122. The van der Waals surface area contributed by atoms with E-state index in [9.17, 15) is 4.79 Å². The summed E-state index contributed by atoms with van der Waals surface area (Å²) in [4.78, 5) is 13.4. The molecule has 0 saturated heterocycles. The molecular weight excluding hydrogens is 216 g/mol. The van der Waals surface area contributed by atoms with E-state index in [1.54, 1.807) is 0 Å². The molecule has 0 bridgehead atoms. The first-order valence-corrected chi connectivity index (χ1v) is 5.73. The summed E-state index contributed by atoms with van der Waals surface area (Å²) in [5, 5.41) is 11.2. The molecule has 4 heteroatoms. The van der Waals surface area contributed by atoms with Crippen molar-refractivity contribution in [3.05, 3.63) is 35.4 Å². The Balaban J connectivity index is 2.39. The van der Waals surface area contributed by atoms with Crippen LogP contribution in [0.25, 0.3) is 0 Å². The molecule has 1 amide bonds. The second-order valence-corrected chi connectivity index (χ2v) is 4.23. The van der Waals surface area contributed by atoms with Crippen LogP contribution in [0.3, 0.4) is 0 Å². The topological polar surface area (TPSA) is 52.6 Å². The molecule has 0 unspecified atom stereocenters. The number of hydrogen-bond acceptors (Lipinski definition) is 3. The van der Waals surface area contributed by atoms with Gasteiger partial charge in [-0.3, -0.25) is 9.69 Å². The molecule has 0 aliphatic carbocycles. The molecule has 17 heavy (non-hydrogen) atoms. The van der Waals surface area contributed by atoms with E-state index >= 15 is 0 Å². The molecule has 0 aromatic heterocycles. The van der Waals surface area contributed by atoms with Crippen molar-refractivity contribution < 1.29 is 9.90 Å². The third-order valence-electron chi connectivity index (χ3n) is 2.38. The van der Waals surface area contributed by atoms with Gasteiger partial charge in [-0.15, -0.1) is 0 Å². The van der Waals surface area contributed by atoms with E-state index in [0.717, 1.165) is 6.54 Å². The lowest BCUT2D eigenvalue weighted by Crippen LogP contribution is -2.36. The Bertz CT molecular complexity index is 366. The van der Waals surface area contributed by atoms with Crippen LogP contribution in [0.4, 0.5) is 0 Å². The third-order valence-corrected chi connectivity index (χ3v) is 2.38. The zero-order valence-electron chi connectivity index (χ0n) is 10.4. The molecule has 0 fully saturated rings. The Morgan fingerprint density at radius 2 is 2.24 bits per heavy atom. The highest BCUT2D eigenvalue weighted by atomic mass is 16.3. The first-order chi connectivity index (χ1) is 8.11. The van der Waals surface area contributed by atoms with Crippen molar-refractivity contribution in [1.29, 1.82) is 0 Å². The zero-order chi connectivity index (χ0) is 12.7. The Labute approximate surface area is 102 Å². The number of benzene rings is 1. The lowest BCUT2D eigenvalue weighted by Gasteiger charge is -2.16. The smallest absolute Gasteiger partial charge is 0.234 e. The fourth-order valence-electron chi connectivity index (χ4n) is 1.67. The lowest BCUT2D eigenvalue weighted by atomic mass is 10.1. The van der Waals surface area contributed by atoms with Crippen LogP contribution in [0, 0.1) is 6.92 Å². The number of rotatable bonds is 6. The molecule has 0 aliphatic rings. The van der Waals surface area contributed by atoms with Crippen molar-refractivity contribution in [3.63, 3.8) is 0 Å². The Morgan fingerprint density at radius 3 is 2.88 bits per heavy atom. The van der Waals surface area contributed by atoms with Gasteiger partial charge in [-0.25, -0.2) is 0 Å². The maximum Gasteiger partial charge on any atom is 0.234 e. The highest BCUT2D eigenvalue weighted by Crippen LogP contribution is 2.06. The van der Waals surface area contributed by atoms with Gasteiger partial charge in [-0.1, -0.05) is 29.8 Å². The maximum absolute atomic E-state index is 11.4. The van der Waals surface area contributed by atoms with Crippen molar-refractivity contribution in [1.82, 2.24) is 10.2 Å². The quantitative estimate of drug-likeness (QED) is 0.758. The largest absolute Gasteiger partial charge is 0.395 e. The number of nitrogens with one attached hydrogen (secondary N) is 1. The van der Waals surface area contributed by atoms with Gasteiger partial charge >= 0.3 is 0 Å². The van der Waals surface area contributed by atoms with Gasteiger partial charge in [0.2, 0.25) is 5.91 Å². The van der Waals surface area contributed by atoms with Crippen LogP contribution in [0.1, 0.15) is 11.1 Å². The van der Waals surface area contributed by atoms with E-state index in [-0.39, 0.29) is 12.5 Å². The third kappa shape index (κ3) is 5.47. The van der Waals surface area contributed by atoms with Crippen molar-refractivity contribution >= 4 is 5.91 Å². The summed E-state index contributed by atoms with van der Waals surface area (Å²) in [7, 11) is 1.90. The molecule has 2 N–H and O–H groups in total. The van der Waals surface area contributed by atoms with Crippen molar-refractivity contribution in [2.24, 2.45) is 0 Å². The number of likely N-dealkylation sites (N-methyl/N-ethyl adjacent to an activating group) is 1. The van der Waals surface area contributed by atoms with Gasteiger partial charge in [-0.05, 0) is 19.5 Å². The molecule has 0 spiro atoms. The van der Waals surface area contributed by atoms with Gasteiger partial charge in [0.25, 0.3) is 0 Å². The van der Waals surface area contributed by atoms with Crippen molar-refractivity contribution in [2.45, 2.75) is 13.5 Å². The normalized spacial score (nSPS) is 10.6. The molecule has 0 heterocycles. The summed E-state index contributed by atoms with van der Waals surface area (Å²) < 4.78 is 0. The van der Waals surface area contributed by atoms with Crippen molar-refractivity contribution in [3.8, 4) is 0 Å². The van der Waals surface area contributed by atoms with E-state index in [4.69, 9.17) is 5.11 Å². The van der Waals surface area contributed by atoms with Gasteiger partial charge in [0.1, 0.15) is 0 Å². The molecule has 0 radical (unpaired) electrons. The summed E-state index contributed by atoms with van der Waals surface area (Å²) >= 11 is 0. The predicted octanol–water partition coefficient (Wildman–Crippen LogP) is 0.535. The maximum atomic E-state index is 11.4. The van der Waals surface area contributed by atoms with E-state index in [2.05, 4.69) is 30.4 Å². The monoisotopic (exact) mass is 236 g/mol. The van der Waals surface area contributed by atoms with E-state index in [0.29, 0.717) is 13.1 Å². The standard InChI is InChI=1S/C13H20N2O2/c1-11-4-3-5-12(8-11)9-15(2)10-13(17)14-6-7-16/h3-5,8,16H,6-7,9-10H2,1-2H3,(H,14,17). The van der Waals surface area contributed by atoms with E-state index < -0.39 is 0 Å². The Morgan fingerprint density at radius 1 is 1.47 bits per heavy atom. The number of aliphatic hydroxyl groups is 1. The molecule has 1 aromatic rings. The number of aliphatic hydroxyl groups excluding tert-OH is 1. The highest BCUT2D eigenvalue weighted by Gasteiger charge is 2.06. The second kappa shape index (κ2) is 7.04. The number of nitrogens with zero attached hydrogens (tertiary/aromatic N) is 1. The first kappa shape index (κ1) is 13.7. The van der Waals surface area contributed by atoms with Crippen molar-refractivity contribution in [2.75, 3.05) is 26.7 Å². The van der Waals surface area contributed by atoms with Crippen LogP contribution in [0.2, 0.25) is 0 Å². The molecule has 0 atom stereocenters. The molecule has 1 rings (SSSR count). The summed E-state index contributed by atoms with van der Waals surface area (Å²) in [6.07, 6.45) is 0. The van der Waals surface area contributed by atoms with Crippen LogP contribution in [-0.2, 0) is 11.3 Å². The summed E-state index contributed by atoms with van der Waals surface area (Å²) in [5.41, 5.74) is 2.42. The van der Waals surface area contributed by atoms with Crippen LogP contribution < -0.4 is 5.32 Å². The van der Waals surface area contributed by atoms with Crippen LogP contribution >= 0.6 is 0 Å². The summed E-state index contributed by atoms with van der Waals surface area (Å²) in [6, 6.07) is 8.24. The Hall–Kier alpha value is -1.39. The van der Waals surface area contributed by atoms with E-state index in [1.807, 2.05) is 18.0 Å². The van der Waals surface area contributed by atoms with Gasteiger partial charge in [-0.2, -0.15) is 0 Å². The molecule has 94 valence electrons. The predicted molar refractivity (Wildman–Crippen MR) is 67.6 cm³/mol. The minimum atomic E-state index is -0.0609. The van der Waals surface area contributed by atoms with Crippen LogP contribution in [0.5, 0.6) is 0 Å². The molecule has 0 saturated carbocycles. The molecule has 1 aromatic carbocycles. The van der Waals surface area contributed by atoms with Gasteiger partial charge < -0.3 is 10.4 Å². The molecule has 4 nitrogen and oxygen atoms in total. The van der Waals surface area contributed by atoms with E-state index in [1.165, 1.54) is 11.1 Å². The van der Waals surface area contributed by atoms with Gasteiger partial charge in [0, 0.05) is 13.1 Å². The Kier molecular flexibility index (Phi) is 5.66. The first-order valence-electron chi connectivity index (χ1n) is 5.73. The zero-order valence-corrected chi connectivity index (χ0v) is 10.4. The summed E-state index contributed by atoms with van der Waals surface area (Å²) in [5.74, 6) is -0.0609. The number of carbonyl (C=O) groups is 1. The molecular formula is C13H20N2O2. The molecule has 0 aliphatic heterocycles. The second-order valence-electron chi connectivity index (χ2n) is 4.23. The van der Waals surface area contributed by atoms with Gasteiger partial charge in [0.05, 0.1) is 13.2 Å². The van der Waals surface area contributed by atoms with Gasteiger partial charge in [0.15, 0.2) is 0 Å². The fraction of sp³-hybridized carbons (Fsp3) is 0.462. The number of amides is 1.